The zero-order valence-corrected chi connectivity index (χ0v) is 18.9. The van der Waals surface area contributed by atoms with Gasteiger partial charge in [0.25, 0.3) is 0 Å². The molecule has 1 aromatic heterocycles. The predicted octanol–water partition coefficient (Wildman–Crippen LogP) is 6.29. The van der Waals surface area contributed by atoms with Crippen molar-refractivity contribution in [2.45, 2.75) is 32.8 Å². The van der Waals surface area contributed by atoms with Gasteiger partial charge in [0.15, 0.2) is 11.5 Å². The third-order valence-corrected chi connectivity index (χ3v) is 5.87. The molecule has 34 heavy (non-hydrogen) atoms. The highest BCUT2D eigenvalue weighted by Gasteiger charge is 2.17. The van der Waals surface area contributed by atoms with E-state index in [2.05, 4.69) is 6.92 Å². The van der Waals surface area contributed by atoms with Gasteiger partial charge in [0, 0.05) is 18.1 Å². The van der Waals surface area contributed by atoms with E-state index in [9.17, 15) is 9.18 Å². The number of ether oxygens (including phenoxy) is 3. The Morgan fingerprint density at radius 1 is 0.971 bits per heavy atom. The minimum atomic E-state index is -0.313. The highest BCUT2D eigenvalue weighted by Crippen LogP contribution is 2.34. The van der Waals surface area contributed by atoms with Gasteiger partial charge in [-0.1, -0.05) is 37.6 Å². The second-order valence-electron chi connectivity index (χ2n) is 8.28. The van der Waals surface area contributed by atoms with Crippen LogP contribution < -0.4 is 19.6 Å². The molecular formula is C28H25FO5. The Morgan fingerprint density at radius 3 is 2.62 bits per heavy atom. The second-order valence-corrected chi connectivity index (χ2v) is 8.28. The van der Waals surface area contributed by atoms with E-state index in [1.807, 2.05) is 24.3 Å². The van der Waals surface area contributed by atoms with E-state index in [1.54, 1.807) is 24.3 Å². The lowest BCUT2D eigenvalue weighted by Gasteiger charge is -2.13. The van der Waals surface area contributed by atoms with Gasteiger partial charge < -0.3 is 18.6 Å². The molecule has 0 unspecified atom stereocenters. The van der Waals surface area contributed by atoms with Crippen LogP contribution in [-0.2, 0) is 13.0 Å². The molecule has 1 aliphatic heterocycles. The summed E-state index contributed by atoms with van der Waals surface area (Å²) in [5.74, 6) is 1.57. The molecule has 0 spiro atoms. The van der Waals surface area contributed by atoms with Crippen molar-refractivity contribution in [2.24, 2.45) is 0 Å². The van der Waals surface area contributed by atoms with Gasteiger partial charge in [0.05, 0.1) is 24.2 Å². The molecule has 6 heteroatoms. The van der Waals surface area contributed by atoms with Gasteiger partial charge in [-0.05, 0) is 41.8 Å². The van der Waals surface area contributed by atoms with E-state index >= 15 is 0 Å². The first-order valence-corrected chi connectivity index (χ1v) is 11.5. The van der Waals surface area contributed by atoms with E-state index in [-0.39, 0.29) is 17.9 Å². The summed E-state index contributed by atoms with van der Waals surface area (Å²) in [4.78, 5) is 13.4. The van der Waals surface area contributed by atoms with Crippen LogP contribution in [0.5, 0.6) is 17.2 Å². The molecule has 0 saturated carbocycles. The van der Waals surface area contributed by atoms with Crippen LogP contribution >= 0.6 is 0 Å². The minimum absolute atomic E-state index is 0.0917. The van der Waals surface area contributed by atoms with Crippen LogP contribution in [0, 0.1) is 5.82 Å². The number of fused-ring (bicyclic) bond motifs is 2. The molecule has 174 valence electrons. The molecule has 4 aromatic rings. The molecule has 2 heterocycles. The van der Waals surface area contributed by atoms with E-state index < -0.39 is 0 Å². The minimum Gasteiger partial charge on any atom is -0.490 e. The molecule has 5 nitrogen and oxygen atoms in total. The first kappa shape index (κ1) is 22.0. The zero-order valence-electron chi connectivity index (χ0n) is 18.9. The Bertz CT molecular complexity index is 1390. The van der Waals surface area contributed by atoms with E-state index in [1.165, 1.54) is 12.3 Å². The van der Waals surface area contributed by atoms with Gasteiger partial charge in [0.2, 0.25) is 5.43 Å². The van der Waals surface area contributed by atoms with Crippen LogP contribution in [0.3, 0.4) is 0 Å². The maximum Gasteiger partial charge on any atom is 0.200 e. The Hall–Kier alpha value is -3.80. The molecule has 0 amide bonds. The first-order valence-electron chi connectivity index (χ1n) is 11.5. The molecule has 1 aliphatic rings. The summed E-state index contributed by atoms with van der Waals surface area (Å²) in [5, 5.41) is 0.478. The van der Waals surface area contributed by atoms with Crippen molar-refractivity contribution in [3.8, 4) is 28.4 Å². The Kier molecular flexibility index (Phi) is 6.21. The fraction of sp³-hybridized carbons (Fsp3) is 0.250. The molecule has 0 radical (unpaired) electrons. The molecule has 0 N–H and O–H groups in total. The lowest BCUT2D eigenvalue weighted by atomic mass is 10.0. The van der Waals surface area contributed by atoms with Crippen LogP contribution in [0.2, 0.25) is 0 Å². The van der Waals surface area contributed by atoms with Crippen LogP contribution in [0.4, 0.5) is 4.39 Å². The summed E-state index contributed by atoms with van der Waals surface area (Å²) in [5.41, 5.74) is 2.80. The highest BCUT2D eigenvalue weighted by molar-refractivity contribution is 5.84. The normalized spacial score (nSPS) is 13.0. The third-order valence-electron chi connectivity index (χ3n) is 5.87. The smallest absolute Gasteiger partial charge is 0.200 e. The zero-order chi connectivity index (χ0) is 23.5. The monoisotopic (exact) mass is 460 g/mol. The van der Waals surface area contributed by atoms with Crippen LogP contribution in [-0.4, -0.2) is 13.2 Å². The van der Waals surface area contributed by atoms with Gasteiger partial charge in [-0.15, -0.1) is 0 Å². The van der Waals surface area contributed by atoms with Crippen molar-refractivity contribution >= 4 is 11.0 Å². The van der Waals surface area contributed by atoms with Crippen molar-refractivity contribution in [3.63, 3.8) is 0 Å². The lowest BCUT2D eigenvalue weighted by Crippen LogP contribution is -2.07. The topological polar surface area (TPSA) is 57.9 Å². The summed E-state index contributed by atoms with van der Waals surface area (Å²) in [6, 6.07) is 15.5. The van der Waals surface area contributed by atoms with Gasteiger partial charge >= 0.3 is 0 Å². The van der Waals surface area contributed by atoms with Crippen LogP contribution in [0.15, 0.2) is 70.1 Å². The Labute approximate surface area is 196 Å². The highest BCUT2D eigenvalue weighted by atomic mass is 19.1. The fourth-order valence-electron chi connectivity index (χ4n) is 4.10. The first-order chi connectivity index (χ1) is 16.6. The molecule has 3 aromatic carbocycles. The van der Waals surface area contributed by atoms with E-state index in [4.69, 9.17) is 18.6 Å². The number of halogens is 1. The van der Waals surface area contributed by atoms with E-state index in [0.717, 1.165) is 24.8 Å². The lowest BCUT2D eigenvalue weighted by molar-refractivity contribution is 0.296. The van der Waals surface area contributed by atoms with Gasteiger partial charge in [0.1, 0.15) is 30.0 Å². The number of hydrogen-bond donors (Lipinski definition) is 0. The molecule has 0 fully saturated rings. The van der Waals surface area contributed by atoms with Crippen molar-refractivity contribution in [1.29, 1.82) is 0 Å². The summed E-state index contributed by atoms with van der Waals surface area (Å²) < 4.78 is 37.3. The largest absolute Gasteiger partial charge is 0.490 e. The second kappa shape index (κ2) is 9.59. The van der Waals surface area contributed by atoms with Crippen molar-refractivity contribution in [2.75, 3.05) is 13.2 Å². The van der Waals surface area contributed by atoms with Gasteiger partial charge in [-0.25, -0.2) is 4.39 Å². The predicted molar refractivity (Wildman–Crippen MR) is 128 cm³/mol. The van der Waals surface area contributed by atoms with Gasteiger partial charge in [-0.2, -0.15) is 0 Å². The molecule has 5 rings (SSSR count). The Balaban J connectivity index is 1.52. The quantitative estimate of drug-likeness (QED) is 0.338. The summed E-state index contributed by atoms with van der Waals surface area (Å²) in [6.07, 6.45) is 3.86. The molecule has 0 atom stereocenters. The SMILES string of the molecule is CCCc1cc2c(=O)c(-c3ccc4c(c3)OCCCO4)coc2cc1OCc1ccccc1F. The number of rotatable bonds is 6. The molecular weight excluding hydrogens is 435 g/mol. The van der Waals surface area contributed by atoms with Crippen LogP contribution in [0.25, 0.3) is 22.1 Å². The van der Waals surface area contributed by atoms with Crippen molar-refractivity contribution < 1.29 is 23.0 Å². The van der Waals surface area contributed by atoms with E-state index in [0.29, 0.717) is 58.1 Å². The number of hydrogen-bond acceptors (Lipinski definition) is 5. The summed E-state index contributed by atoms with van der Waals surface area (Å²) in [6.45, 7) is 3.32. The fourth-order valence-corrected chi connectivity index (χ4v) is 4.10. The molecule has 0 bridgehead atoms. The summed E-state index contributed by atoms with van der Waals surface area (Å²) >= 11 is 0. The Morgan fingerprint density at radius 2 is 1.79 bits per heavy atom. The number of aryl methyl sites for hydroxylation is 1. The van der Waals surface area contributed by atoms with Gasteiger partial charge in [-0.3, -0.25) is 4.79 Å². The third kappa shape index (κ3) is 4.36. The molecule has 0 aliphatic carbocycles. The maximum absolute atomic E-state index is 14.0. The summed E-state index contributed by atoms with van der Waals surface area (Å²) in [7, 11) is 0. The maximum atomic E-state index is 14.0. The van der Waals surface area contributed by atoms with Crippen molar-refractivity contribution in [3.05, 3.63) is 88.0 Å². The average molecular weight is 461 g/mol. The number of benzene rings is 3. The van der Waals surface area contributed by atoms with Crippen molar-refractivity contribution in [1.82, 2.24) is 0 Å². The molecule has 0 saturated heterocycles. The average Bonchev–Trinajstić information content (AvgIpc) is 3.09. The van der Waals surface area contributed by atoms with Crippen LogP contribution in [0.1, 0.15) is 30.9 Å². The standard InChI is InChI=1S/C28H25FO5/c1-2-6-19-13-21-26(15-25(19)33-16-20-7-3-4-8-23(20)29)34-17-22(28(21)30)18-9-10-24-27(14-18)32-12-5-11-31-24/h3-4,7-10,13-15,17H,2,5-6,11-12,16H2,1H3.